The highest BCUT2D eigenvalue weighted by molar-refractivity contribution is 9.10. The van der Waals surface area contributed by atoms with Crippen molar-refractivity contribution in [2.45, 2.75) is 39.2 Å². The van der Waals surface area contributed by atoms with Gasteiger partial charge >= 0.3 is 0 Å². The Balaban J connectivity index is 2.30. The molecule has 0 amide bonds. The van der Waals surface area contributed by atoms with Crippen LogP contribution in [0.2, 0.25) is 0 Å². The number of nitrogens with two attached hydrogens (primary N) is 1. The first-order valence-corrected chi connectivity index (χ1v) is 7.47. The number of piperidine rings is 1. The highest BCUT2D eigenvalue weighted by Crippen LogP contribution is 2.36. The number of hydrogen-bond acceptors (Lipinski definition) is 2. The molecular formula is C15H23BrN2. The third-order valence-electron chi connectivity index (χ3n) is 4.14. The third-order valence-corrected chi connectivity index (χ3v) is 4.99. The van der Waals surface area contributed by atoms with E-state index in [0.717, 1.165) is 13.1 Å². The highest BCUT2D eigenvalue weighted by Gasteiger charge is 2.33. The van der Waals surface area contributed by atoms with Gasteiger partial charge in [-0.2, -0.15) is 0 Å². The molecule has 2 nitrogen and oxygen atoms in total. The summed E-state index contributed by atoms with van der Waals surface area (Å²) < 4.78 is 1.19. The van der Waals surface area contributed by atoms with Crippen LogP contribution in [0.5, 0.6) is 0 Å². The molecule has 1 aliphatic rings. The van der Waals surface area contributed by atoms with Crippen LogP contribution >= 0.6 is 15.9 Å². The molecule has 1 aliphatic heterocycles. The summed E-state index contributed by atoms with van der Waals surface area (Å²) in [6.07, 6.45) is 2.45. The second-order valence-corrected chi connectivity index (χ2v) is 6.85. The average Bonchev–Trinajstić information content (AvgIpc) is 2.33. The maximum absolute atomic E-state index is 5.85. The van der Waals surface area contributed by atoms with Crippen molar-refractivity contribution in [3.63, 3.8) is 0 Å². The molecule has 0 saturated carbocycles. The van der Waals surface area contributed by atoms with Crippen LogP contribution in [-0.4, -0.2) is 18.6 Å². The van der Waals surface area contributed by atoms with Gasteiger partial charge in [0.1, 0.15) is 0 Å². The standard InChI is InChI=1S/C15H23BrN2/c1-11-4-5-13(8-14(11)16)18-10-12(9-17)6-7-15(18,2)3/h4-5,8,12H,6-7,9-10,17H2,1-3H3. The Hall–Kier alpha value is -0.540. The zero-order valence-electron chi connectivity index (χ0n) is 11.5. The number of rotatable bonds is 2. The molecule has 1 atom stereocenters. The maximum atomic E-state index is 5.85. The van der Waals surface area contributed by atoms with Crippen molar-refractivity contribution in [3.05, 3.63) is 28.2 Å². The molecule has 1 heterocycles. The van der Waals surface area contributed by atoms with Crippen LogP contribution in [-0.2, 0) is 0 Å². The van der Waals surface area contributed by atoms with E-state index in [-0.39, 0.29) is 5.54 Å². The molecule has 18 heavy (non-hydrogen) atoms. The fourth-order valence-corrected chi connectivity index (χ4v) is 3.05. The molecule has 3 heteroatoms. The van der Waals surface area contributed by atoms with Crippen molar-refractivity contribution in [1.82, 2.24) is 0 Å². The minimum absolute atomic E-state index is 0.223. The predicted molar refractivity (Wildman–Crippen MR) is 82.1 cm³/mol. The van der Waals surface area contributed by atoms with Crippen LogP contribution < -0.4 is 10.6 Å². The van der Waals surface area contributed by atoms with Gasteiger partial charge in [-0.05, 0) is 63.8 Å². The van der Waals surface area contributed by atoms with Crippen molar-refractivity contribution in [3.8, 4) is 0 Å². The zero-order valence-corrected chi connectivity index (χ0v) is 13.1. The molecule has 2 rings (SSSR count). The predicted octanol–water partition coefficient (Wildman–Crippen LogP) is 3.71. The van der Waals surface area contributed by atoms with Crippen molar-refractivity contribution in [2.75, 3.05) is 18.0 Å². The zero-order chi connectivity index (χ0) is 13.3. The molecule has 0 aromatic heterocycles. The number of anilines is 1. The van der Waals surface area contributed by atoms with Gasteiger partial charge in [0.25, 0.3) is 0 Å². The lowest BCUT2D eigenvalue weighted by Gasteiger charge is -2.47. The van der Waals surface area contributed by atoms with Gasteiger partial charge in [0.05, 0.1) is 0 Å². The molecule has 1 aromatic rings. The fraction of sp³-hybridized carbons (Fsp3) is 0.600. The Kier molecular flexibility index (Phi) is 4.02. The smallest absolute Gasteiger partial charge is 0.0382 e. The van der Waals surface area contributed by atoms with Crippen molar-refractivity contribution in [1.29, 1.82) is 0 Å². The van der Waals surface area contributed by atoms with Gasteiger partial charge in [-0.1, -0.05) is 22.0 Å². The number of nitrogens with zero attached hydrogens (tertiary/aromatic N) is 1. The van der Waals surface area contributed by atoms with Crippen LogP contribution in [0.4, 0.5) is 5.69 Å². The Morgan fingerprint density at radius 1 is 1.44 bits per heavy atom. The molecule has 1 saturated heterocycles. The van der Waals surface area contributed by atoms with Crippen LogP contribution in [0.15, 0.2) is 22.7 Å². The van der Waals surface area contributed by atoms with E-state index in [0.29, 0.717) is 5.92 Å². The molecule has 0 radical (unpaired) electrons. The third kappa shape index (κ3) is 2.72. The highest BCUT2D eigenvalue weighted by atomic mass is 79.9. The molecular weight excluding hydrogens is 288 g/mol. The van der Waals surface area contributed by atoms with Gasteiger partial charge in [0.15, 0.2) is 0 Å². The SMILES string of the molecule is Cc1ccc(N2CC(CN)CCC2(C)C)cc1Br. The summed E-state index contributed by atoms with van der Waals surface area (Å²) in [6.45, 7) is 8.64. The Morgan fingerprint density at radius 2 is 2.17 bits per heavy atom. The van der Waals surface area contributed by atoms with Crippen molar-refractivity contribution < 1.29 is 0 Å². The summed E-state index contributed by atoms with van der Waals surface area (Å²) in [5, 5.41) is 0. The van der Waals surface area contributed by atoms with Crippen LogP contribution in [0, 0.1) is 12.8 Å². The van der Waals surface area contributed by atoms with Gasteiger partial charge in [-0.25, -0.2) is 0 Å². The molecule has 1 aromatic carbocycles. The lowest BCUT2D eigenvalue weighted by atomic mass is 9.84. The van der Waals surface area contributed by atoms with Crippen LogP contribution in [0.1, 0.15) is 32.3 Å². The number of aryl methyl sites for hydroxylation is 1. The summed E-state index contributed by atoms with van der Waals surface area (Å²) in [4.78, 5) is 2.51. The van der Waals surface area contributed by atoms with Crippen LogP contribution in [0.25, 0.3) is 0 Å². The van der Waals surface area contributed by atoms with Gasteiger partial charge in [0, 0.05) is 22.2 Å². The normalized spacial score (nSPS) is 23.2. The first-order valence-electron chi connectivity index (χ1n) is 6.68. The first kappa shape index (κ1) is 13.9. The minimum Gasteiger partial charge on any atom is -0.366 e. The van der Waals surface area contributed by atoms with E-state index in [2.05, 4.69) is 59.8 Å². The second kappa shape index (κ2) is 5.22. The van der Waals surface area contributed by atoms with Crippen molar-refractivity contribution in [2.24, 2.45) is 11.7 Å². The summed E-state index contributed by atoms with van der Waals surface area (Å²) >= 11 is 3.63. The second-order valence-electron chi connectivity index (χ2n) is 6.00. The molecule has 0 spiro atoms. The minimum atomic E-state index is 0.223. The molecule has 0 aliphatic carbocycles. The van der Waals surface area contributed by atoms with Crippen molar-refractivity contribution >= 4 is 21.6 Å². The number of hydrogen-bond donors (Lipinski definition) is 1. The molecule has 1 fully saturated rings. The van der Waals surface area contributed by atoms with Gasteiger partial charge in [-0.15, -0.1) is 0 Å². The lowest BCUT2D eigenvalue weighted by molar-refractivity contribution is 0.295. The Bertz CT molecular complexity index is 429. The number of benzene rings is 1. The molecule has 1 unspecified atom stereocenters. The van der Waals surface area contributed by atoms with E-state index < -0.39 is 0 Å². The lowest BCUT2D eigenvalue weighted by Crippen LogP contribution is -2.51. The Morgan fingerprint density at radius 3 is 2.78 bits per heavy atom. The van der Waals surface area contributed by atoms with E-state index in [1.165, 1.54) is 28.6 Å². The van der Waals surface area contributed by atoms with Gasteiger partial charge in [0.2, 0.25) is 0 Å². The fourth-order valence-electron chi connectivity index (χ4n) is 2.69. The monoisotopic (exact) mass is 310 g/mol. The summed E-state index contributed by atoms with van der Waals surface area (Å²) in [5.74, 6) is 0.623. The van der Waals surface area contributed by atoms with E-state index in [4.69, 9.17) is 5.73 Å². The largest absolute Gasteiger partial charge is 0.366 e. The first-order chi connectivity index (χ1) is 8.44. The van der Waals surface area contributed by atoms with Crippen LogP contribution in [0.3, 0.4) is 0 Å². The summed E-state index contributed by atoms with van der Waals surface area (Å²) in [6, 6.07) is 6.64. The Labute approximate surface area is 119 Å². The summed E-state index contributed by atoms with van der Waals surface area (Å²) in [7, 11) is 0. The maximum Gasteiger partial charge on any atom is 0.0382 e. The molecule has 2 N–H and O–H groups in total. The van der Waals surface area contributed by atoms with Gasteiger partial charge in [-0.3, -0.25) is 0 Å². The molecule has 0 bridgehead atoms. The molecule has 100 valence electrons. The number of halogens is 1. The topological polar surface area (TPSA) is 29.3 Å². The summed E-state index contributed by atoms with van der Waals surface area (Å²) in [5.41, 5.74) is 8.66. The van der Waals surface area contributed by atoms with Gasteiger partial charge < -0.3 is 10.6 Å². The van der Waals surface area contributed by atoms with E-state index >= 15 is 0 Å². The quantitative estimate of drug-likeness (QED) is 0.902. The average molecular weight is 311 g/mol. The van der Waals surface area contributed by atoms with E-state index in [1.807, 2.05) is 0 Å². The van der Waals surface area contributed by atoms with E-state index in [1.54, 1.807) is 0 Å². The van der Waals surface area contributed by atoms with E-state index in [9.17, 15) is 0 Å².